The molecule has 4 nitrogen and oxygen atoms in total. The van der Waals surface area contributed by atoms with Crippen LogP contribution < -0.4 is 5.32 Å². The lowest BCUT2D eigenvalue weighted by molar-refractivity contribution is 0.304. The van der Waals surface area contributed by atoms with Crippen molar-refractivity contribution in [2.45, 2.75) is 83.6 Å². The van der Waals surface area contributed by atoms with Gasteiger partial charge in [-0.15, -0.1) is 10.2 Å². The molecular formula is C16H29N3O. The van der Waals surface area contributed by atoms with Gasteiger partial charge in [-0.2, -0.15) is 0 Å². The van der Waals surface area contributed by atoms with E-state index in [2.05, 4.69) is 43.2 Å². The zero-order valence-electron chi connectivity index (χ0n) is 13.5. The lowest BCUT2D eigenvalue weighted by Gasteiger charge is -2.22. The predicted molar refractivity (Wildman–Crippen MR) is 80.8 cm³/mol. The van der Waals surface area contributed by atoms with Crippen LogP contribution in [0.2, 0.25) is 0 Å². The van der Waals surface area contributed by atoms with E-state index in [0.29, 0.717) is 0 Å². The van der Waals surface area contributed by atoms with Crippen LogP contribution in [-0.2, 0) is 11.8 Å². The Kier molecular flexibility index (Phi) is 4.84. The highest BCUT2D eigenvalue weighted by Gasteiger charge is 2.38. The largest absolute Gasteiger partial charge is 0.425 e. The maximum Gasteiger partial charge on any atom is 0.222 e. The van der Waals surface area contributed by atoms with Crippen LogP contribution in [0.4, 0.5) is 0 Å². The standard InChI is InChI=1S/C16H29N3O/c1-5-16(10-6-7-11-16)14-19-18-13(20-14)9-8-12-17-15(2,3)4/h17H,5-12H2,1-4H3. The van der Waals surface area contributed by atoms with Gasteiger partial charge in [-0.3, -0.25) is 0 Å². The summed E-state index contributed by atoms with van der Waals surface area (Å²) >= 11 is 0. The Morgan fingerprint density at radius 1 is 1.20 bits per heavy atom. The lowest BCUT2D eigenvalue weighted by Crippen LogP contribution is -2.36. The molecule has 0 atom stereocenters. The average Bonchev–Trinajstić information content (AvgIpc) is 3.03. The third kappa shape index (κ3) is 3.81. The fourth-order valence-corrected chi connectivity index (χ4v) is 3.04. The molecule has 1 N–H and O–H groups in total. The molecule has 1 aliphatic rings. The van der Waals surface area contributed by atoms with Crippen LogP contribution in [0.15, 0.2) is 4.42 Å². The Morgan fingerprint density at radius 3 is 2.50 bits per heavy atom. The number of hydrogen-bond acceptors (Lipinski definition) is 4. The third-order valence-corrected chi connectivity index (χ3v) is 4.38. The second-order valence-electron chi connectivity index (χ2n) is 7.12. The van der Waals surface area contributed by atoms with Crippen LogP contribution in [0.3, 0.4) is 0 Å². The van der Waals surface area contributed by atoms with Gasteiger partial charge in [-0.25, -0.2) is 0 Å². The van der Waals surface area contributed by atoms with Crippen molar-refractivity contribution in [3.63, 3.8) is 0 Å². The Morgan fingerprint density at radius 2 is 1.90 bits per heavy atom. The lowest BCUT2D eigenvalue weighted by atomic mass is 9.83. The molecule has 0 spiro atoms. The minimum Gasteiger partial charge on any atom is -0.425 e. The summed E-state index contributed by atoms with van der Waals surface area (Å²) in [7, 11) is 0. The predicted octanol–water partition coefficient (Wildman–Crippen LogP) is 3.61. The second kappa shape index (κ2) is 6.25. The number of hydrogen-bond donors (Lipinski definition) is 1. The monoisotopic (exact) mass is 279 g/mol. The summed E-state index contributed by atoms with van der Waals surface area (Å²) in [6, 6.07) is 0. The van der Waals surface area contributed by atoms with E-state index >= 15 is 0 Å². The van der Waals surface area contributed by atoms with E-state index in [4.69, 9.17) is 4.42 Å². The van der Waals surface area contributed by atoms with Gasteiger partial charge >= 0.3 is 0 Å². The Hall–Kier alpha value is -0.900. The summed E-state index contributed by atoms with van der Waals surface area (Å²) in [5.74, 6) is 1.69. The first kappa shape index (κ1) is 15.5. The van der Waals surface area contributed by atoms with Crippen molar-refractivity contribution >= 4 is 0 Å². The maximum atomic E-state index is 5.94. The average molecular weight is 279 g/mol. The topological polar surface area (TPSA) is 51.0 Å². The Labute approximate surface area is 122 Å². The van der Waals surface area contributed by atoms with Crippen molar-refractivity contribution < 1.29 is 4.42 Å². The molecule has 1 aromatic heterocycles. The van der Waals surface area contributed by atoms with Crippen molar-refractivity contribution in [3.05, 3.63) is 11.8 Å². The highest BCUT2D eigenvalue weighted by Crippen LogP contribution is 2.42. The SMILES string of the molecule is CCC1(c2nnc(CCCNC(C)(C)C)o2)CCCC1. The fourth-order valence-electron chi connectivity index (χ4n) is 3.04. The zero-order chi connectivity index (χ0) is 14.6. The minimum atomic E-state index is 0.176. The van der Waals surface area contributed by atoms with Gasteiger partial charge in [0.05, 0.1) is 0 Å². The van der Waals surface area contributed by atoms with E-state index in [1.165, 1.54) is 25.7 Å². The van der Waals surface area contributed by atoms with Crippen molar-refractivity contribution in [2.75, 3.05) is 6.54 Å². The van der Waals surface area contributed by atoms with E-state index in [1.54, 1.807) is 0 Å². The van der Waals surface area contributed by atoms with Crippen LogP contribution in [0, 0.1) is 0 Å². The molecule has 0 bridgehead atoms. The summed E-state index contributed by atoms with van der Waals surface area (Å²) in [5.41, 5.74) is 0.352. The molecule has 1 aliphatic carbocycles. The van der Waals surface area contributed by atoms with Gasteiger partial charge in [0.2, 0.25) is 11.8 Å². The first-order chi connectivity index (χ1) is 9.45. The van der Waals surface area contributed by atoms with E-state index in [1.807, 2.05) is 0 Å². The number of nitrogens with zero attached hydrogens (tertiary/aromatic N) is 2. The number of nitrogens with one attached hydrogen (secondary N) is 1. The van der Waals surface area contributed by atoms with Gasteiger partial charge in [0.1, 0.15) is 0 Å². The third-order valence-electron chi connectivity index (χ3n) is 4.38. The molecule has 0 radical (unpaired) electrons. The second-order valence-corrected chi connectivity index (χ2v) is 7.12. The first-order valence-corrected chi connectivity index (χ1v) is 8.03. The normalized spacial score (nSPS) is 18.6. The molecule has 1 fully saturated rings. The molecule has 0 amide bonds. The first-order valence-electron chi connectivity index (χ1n) is 8.03. The van der Waals surface area contributed by atoms with Gasteiger partial charge in [0, 0.05) is 17.4 Å². The molecule has 20 heavy (non-hydrogen) atoms. The van der Waals surface area contributed by atoms with Gasteiger partial charge in [-0.1, -0.05) is 19.8 Å². The quantitative estimate of drug-likeness (QED) is 0.808. The Balaban J connectivity index is 1.86. The van der Waals surface area contributed by atoms with Gasteiger partial charge in [-0.05, 0) is 53.0 Å². The van der Waals surface area contributed by atoms with E-state index in [-0.39, 0.29) is 11.0 Å². The summed E-state index contributed by atoms with van der Waals surface area (Å²) in [5, 5.41) is 12.1. The van der Waals surface area contributed by atoms with Crippen molar-refractivity contribution in [1.29, 1.82) is 0 Å². The van der Waals surface area contributed by atoms with Crippen LogP contribution in [-0.4, -0.2) is 22.3 Å². The molecule has 2 rings (SSSR count). The van der Waals surface area contributed by atoms with Crippen LogP contribution in [0.25, 0.3) is 0 Å². The number of aromatic nitrogens is 2. The van der Waals surface area contributed by atoms with Gasteiger partial charge < -0.3 is 9.73 Å². The molecule has 114 valence electrons. The summed E-state index contributed by atoms with van der Waals surface area (Å²) < 4.78 is 5.94. The number of rotatable bonds is 6. The zero-order valence-corrected chi connectivity index (χ0v) is 13.5. The van der Waals surface area contributed by atoms with Crippen LogP contribution >= 0.6 is 0 Å². The molecule has 0 aliphatic heterocycles. The smallest absolute Gasteiger partial charge is 0.222 e. The highest BCUT2D eigenvalue weighted by molar-refractivity contribution is 5.06. The highest BCUT2D eigenvalue weighted by atomic mass is 16.4. The van der Waals surface area contributed by atoms with Crippen LogP contribution in [0.1, 0.15) is 78.0 Å². The van der Waals surface area contributed by atoms with Gasteiger partial charge in [0.25, 0.3) is 0 Å². The molecule has 0 saturated heterocycles. The van der Waals surface area contributed by atoms with Crippen molar-refractivity contribution in [1.82, 2.24) is 15.5 Å². The summed E-state index contributed by atoms with van der Waals surface area (Å²) in [6.07, 6.45) is 8.02. The molecule has 0 aromatic carbocycles. The molecular weight excluding hydrogens is 250 g/mol. The van der Waals surface area contributed by atoms with Crippen molar-refractivity contribution in [2.24, 2.45) is 0 Å². The Bertz CT molecular complexity index is 414. The molecule has 0 unspecified atom stereocenters. The van der Waals surface area contributed by atoms with Crippen LogP contribution in [0.5, 0.6) is 0 Å². The molecule has 1 heterocycles. The van der Waals surface area contributed by atoms with Crippen molar-refractivity contribution in [3.8, 4) is 0 Å². The minimum absolute atomic E-state index is 0.176. The molecule has 4 heteroatoms. The molecule has 1 saturated carbocycles. The fraction of sp³-hybridized carbons (Fsp3) is 0.875. The maximum absolute atomic E-state index is 5.94. The van der Waals surface area contributed by atoms with E-state index in [0.717, 1.165) is 37.6 Å². The summed E-state index contributed by atoms with van der Waals surface area (Å²) in [6.45, 7) is 9.78. The van der Waals surface area contributed by atoms with Gasteiger partial charge in [0.15, 0.2) is 0 Å². The number of aryl methyl sites for hydroxylation is 1. The van der Waals surface area contributed by atoms with E-state index in [9.17, 15) is 0 Å². The van der Waals surface area contributed by atoms with E-state index < -0.39 is 0 Å². The summed E-state index contributed by atoms with van der Waals surface area (Å²) in [4.78, 5) is 0. The molecule has 1 aromatic rings.